The number of carbonyl (C=O) groups excluding carboxylic acids is 1. The SMILES string of the molecule is COC(=O)c1ccc(-n2cc(C(F)(F)F)cn2)c(C)c1. The van der Waals surface area contributed by atoms with Gasteiger partial charge < -0.3 is 4.74 Å². The highest BCUT2D eigenvalue weighted by Crippen LogP contribution is 2.29. The summed E-state index contributed by atoms with van der Waals surface area (Å²) in [5.41, 5.74) is 0.587. The molecule has 0 bridgehead atoms. The van der Waals surface area contributed by atoms with Gasteiger partial charge in [0.25, 0.3) is 0 Å². The fourth-order valence-electron chi connectivity index (χ4n) is 1.76. The maximum Gasteiger partial charge on any atom is 0.419 e. The van der Waals surface area contributed by atoms with Crippen molar-refractivity contribution in [2.24, 2.45) is 0 Å². The van der Waals surface area contributed by atoms with E-state index in [0.29, 0.717) is 16.8 Å². The third-order valence-corrected chi connectivity index (χ3v) is 2.77. The van der Waals surface area contributed by atoms with Crippen LogP contribution in [0.1, 0.15) is 21.5 Å². The number of methoxy groups -OCH3 is 1. The second-order valence-corrected chi connectivity index (χ2v) is 4.16. The molecule has 0 unspecified atom stereocenters. The number of hydrogen-bond acceptors (Lipinski definition) is 3. The first-order chi connectivity index (χ1) is 9.32. The van der Waals surface area contributed by atoms with E-state index < -0.39 is 17.7 Å². The Morgan fingerprint density at radius 1 is 1.35 bits per heavy atom. The Hall–Kier alpha value is -2.31. The van der Waals surface area contributed by atoms with Crippen molar-refractivity contribution in [1.29, 1.82) is 0 Å². The van der Waals surface area contributed by atoms with Crippen LogP contribution in [0.15, 0.2) is 30.6 Å². The Bertz CT molecular complexity index is 647. The summed E-state index contributed by atoms with van der Waals surface area (Å²) in [6, 6.07) is 4.54. The minimum absolute atomic E-state index is 0.331. The molecule has 0 saturated carbocycles. The quantitative estimate of drug-likeness (QED) is 0.796. The van der Waals surface area contributed by atoms with Crippen molar-refractivity contribution in [3.8, 4) is 5.69 Å². The van der Waals surface area contributed by atoms with Gasteiger partial charge in [0.1, 0.15) is 0 Å². The summed E-state index contributed by atoms with van der Waals surface area (Å²) in [5.74, 6) is -0.504. The van der Waals surface area contributed by atoms with Gasteiger partial charge in [-0.2, -0.15) is 18.3 Å². The first kappa shape index (κ1) is 14.1. The van der Waals surface area contributed by atoms with E-state index in [0.717, 1.165) is 17.1 Å². The molecule has 0 saturated heterocycles. The van der Waals surface area contributed by atoms with Crippen LogP contribution in [-0.4, -0.2) is 22.9 Å². The van der Waals surface area contributed by atoms with E-state index in [4.69, 9.17) is 0 Å². The Balaban J connectivity index is 2.39. The lowest BCUT2D eigenvalue weighted by Gasteiger charge is -2.08. The Kier molecular flexibility index (Phi) is 3.52. The van der Waals surface area contributed by atoms with E-state index >= 15 is 0 Å². The minimum Gasteiger partial charge on any atom is -0.465 e. The molecule has 0 atom stereocenters. The standard InChI is InChI=1S/C13H11F3N2O2/c1-8-5-9(12(19)20-2)3-4-11(8)18-7-10(6-17-18)13(14,15)16/h3-7H,1-2H3. The molecule has 2 aromatic rings. The number of benzene rings is 1. The van der Waals surface area contributed by atoms with Gasteiger partial charge in [0.2, 0.25) is 0 Å². The van der Waals surface area contributed by atoms with Gasteiger partial charge in [0.15, 0.2) is 0 Å². The van der Waals surface area contributed by atoms with Gasteiger partial charge in [-0.3, -0.25) is 0 Å². The van der Waals surface area contributed by atoms with Gasteiger partial charge in [0.05, 0.1) is 30.1 Å². The first-order valence-corrected chi connectivity index (χ1v) is 5.64. The number of alkyl halides is 3. The molecule has 0 N–H and O–H groups in total. The van der Waals surface area contributed by atoms with Crippen LogP contribution in [0.2, 0.25) is 0 Å². The van der Waals surface area contributed by atoms with Crippen LogP contribution in [0.25, 0.3) is 5.69 Å². The van der Waals surface area contributed by atoms with Crippen LogP contribution in [-0.2, 0) is 10.9 Å². The maximum atomic E-state index is 12.5. The highest BCUT2D eigenvalue weighted by atomic mass is 19.4. The fraction of sp³-hybridized carbons (Fsp3) is 0.231. The lowest BCUT2D eigenvalue weighted by atomic mass is 10.1. The zero-order valence-electron chi connectivity index (χ0n) is 10.7. The molecule has 0 fully saturated rings. The van der Waals surface area contributed by atoms with Gasteiger partial charge in [0, 0.05) is 6.20 Å². The average molecular weight is 284 g/mol. The normalized spacial score (nSPS) is 11.4. The number of rotatable bonds is 2. The molecular formula is C13H11F3N2O2. The topological polar surface area (TPSA) is 44.1 Å². The predicted molar refractivity (Wildman–Crippen MR) is 64.6 cm³/mol. The molecule has 1 aromatic carbocycles. The highest BCUT2D eigenvalue weighted by molar-refractivity contribution is 5.89. The predicted octanol–water partition coefficient (Wildman–Crippen LogP) is 2.99. The summed E-state index contributed by atoms with van der Waals surface area (Å²) in [7, 11) is 1.26. The fourth-order valence-corrected chi connectivity index (χ4v) is 1.76. The largest absolute Gasteiger partial charge is 0.465 e. The van der Waals surface area contributed by atoms with Crippen molar-refractivity contribution < 1.29 is 22.7 Å². The van der Waals surface area contributed by atoms with Gasteiger partial charge in [-0.05, 0) is 30.7 Å². The van der Waals surface area contributed by atoms with Gasteiger partial charge in [-0.15, -0.1) is 0 Å². The van der Waals surface area contributed by atoms with Gasteiger partial charge >= 0.3 is 12.1 Å². The monoisotopic (exact) mass is 284 g/mol. The van der Waals surface area contributed by atoms with Crippen molar-refractivity contribution in [3.05, 3.63) is 47.3 Å². The number of aromatic nitrogens is 2. The van der Waals surface area contributed by atoms with Crippen molar-refractivity contribution in [2.75, 3.05) is 7.11 Å². The molecule has 1 heterocycles. The van der Waals surface area contributed by atoms with E-state index in [1.54, 1.807) is 6.92 Å². The first-order valence-electron chi connectivity index (χ1n) is 5.64. The number of carbonyl (C=O) groups is 1. The molecule has 20 heavy (non-hydrogen) atoms. The summed E-state index contributed by atoms with van der Waals surface area (Å²) in [4.78, 5) is 11.4. The lowest BCUT2D eigenvalue weighted by Crippen LogP contribution is -2.05. The summed E-state index contributed by atoms with van der Waals surface area (Å²) in [6.45, 7) is 1.68. The smallest absolute Gasteiger partial charge is 0.419 e. The summed E-state index contributed by atoms with van der Waals surface area (Å²) >= 11 is 0. The average Bonchev–Trinajstić information content (AvgIpc) is 2.87. The van der Waals surface area contributed by atoms with E-state index in [2.05, 4.69) is 9.84 Å². The third-order valence-electron chi connectivity index (χ3n) is 2.77. The van der Waals surface area contributed by atoms with Crippen LogP contribution < -0.4 is 0 Å². The number of nitrogens with zero attached hydrogens (tertiary/aromatic N) is 2. The van der Waals surface area contributed by atoms with E-state index in [9.17, 15) is 18.0 Å². The second-order valence-electron chi connectivity index (χ2n) is 4.16. The molecule has 1 aromatic heterocycles. The molecule has 4 nitrogen and oxygen atoms in total. The second kappa shape index (κ2) is 4.99. The molecule has 106 valence electrons. The van der Waals surface area contributed by atoms with E-state index in [1.807, 2.05) is 0 Å². The summed E-state index contributed by atoms with van der Waals surface area (Å²) in [6.07, 6.45) is -2.77. The van der Waals surface area contributed by atoms with Crippen LogP contribution in [0, 0.1) is 6.92 Å². The molecule has 0 spiro atoms. The number of halogens is 3. The number of hydrogen-bond donors (Lipinski definition) is 0. The number of ether oxygens (including phenoxy) is 1. The molecule has 0 aliphatic carbocycles. The van der Waals surface area contributed by atoms with Crippen LogP contribution in [0.5, 0.6) is 0 Å². The van der Waals surface area contributed by atoms with E-state index in [-0.39, 0.29) is 0 Å². The Labute approximate surface area is 112 Å². The van der Waals surface area contributed by atoms with Crippen molar-refractivity contribution in [3.63, 3.8) is 0 Å². The maximum absolute atomic E-state index is 12.5. The van der Waals surface area contributed by atoms with Crippen molar-refractivity contribution in [2.45, 2.75) is 13.1 Å². The van der Waals surface area contributed by atoms with Crippen LogP contribution >= 0.6 is 0 Å². The third kappa shape index (κ3) is 2.66. The molecule has 0 amide bonds. The zero-order chi connectivity index (χ0) is 14.9. The molecule has 0 radical (unpaired) electrons. The number of aryl methyl sites for hydroxylation is 1. The zero-order valence-corrected chi connectivity index (χ0v) is 10.7. The van der Waals surface area contributed by atoms with Crippen molar-refractivity contribution in [1.82, 2.24) is 9.78 Å². The van der Waals surface area contributed by atoms with Gasteiger partial charge in [-0.1, -0.05) is 0 Å². The lowest BCUT2D eigenvalue weighted by molar-refractivity contribution is -0.137. The minimum atomic E-state index is -4.43. The summed E-state index contributed by atoms with van der Waals surface area (Å²) in [5, 5.41) is 3.69. The molecular weight excluding hydrogens is 273 g/mol. The molecule has 7 heteroatoms. The number of esters is 1. The molecule has 0 aliphatic heterocycles. The highest BCUT2D eigenvalue weighted by Gasteiger charge is 2.32. The van der Waals surface area contributed by atoms with Crippen LogP contribution in [0.4, 0.5) is 13.2 Å². The van der Waals surface area contributed by atoms with Crippen molar-refractivity contribution >= 4 is 5.97 Å². The Morgan fingerprint density at radius 3 is 2.55 bits per heavy atom. The van der Waals surface area contributed by atoms with Gasteiger partial charge in [-0.25, -0.2) is 9.48 Å². The molecule has 2 rings (SSSR count). The van der Waals surface area contributed by atoms with E-state index in [1.165, 1.54) is 25.3 Å². The summed E-state index contributed by atoms with van der Waals surface area (Å²) < 4.78 is 43.3. The molecule has 0 aliphatic rings. The van der Waals surface area contributed by atoms with Crippen LogP contribution in [0.3, 0.4) is 0 Å². The Morgan fingerprint density at radius 2 is 2.05 bits per heavy atom.